The smallest absolute Gasteiger partial charge is 0.146 e. The first-order chi connectivity index (χ1) is 9.78. The summed E-state index contributed by atoms with van der Waals surface area (Å²) in [6.45, 7) is 4.94. The summed E-state index contributed by atoms with van der Waals surface area (Å²) in [6, 6.07) is 6.36. The first kappa shape index (κ1) is 13.9. The van der Waals surface area contributed by atoms with Gasteiger partial charge in [0.25, 0.3) is 0 Å². The van der Waals surface area contributed by atoms with Crippen LogP contribution >= 0.6 is 0 Å². The average Bonchev–Trinajstić information content (AvgIpc) is 3.30. The van der Waals surface area contributed by atoms with Crippen molar-refractivity contribution in [3.63, 3.8) is 0 Å². The lowest BCUT2D eigenvalue weighted by atomic mass is 10.1. The Morgan fingerprint density at radius 3 is 2.65 bits per heavy atom. The van der Waals surface area contributed by atoms with Crippen LogP contribution in [0.25, 0.3) is 0 Å². The number of anilines is 1. The van der Waals surface area contributed by atoms with Crippen molar-refractivity contribution in [2.24, 2.45) is 5.92 Å². The first-order valence-corrected chi connectivity index (χ1v) is 8.03. The predicted octanol–water partition coefficient (Wildman–Crippen LogP) is 3.70. The number of rotatable bonds is 8. The SMILES string of the molecule is CCCNCc1ccc(N(CC2CC2)C2CC2)c(F)c1. The van der Waals surface area contributed by atoms with Crippen LogP contribution in [-0.2, 0) is 6.54 Å². The third-order valence-electron chi connectivity index (χ3n) is 4.22. The van der Waals surface area contributed by atoms with E-state index in [4.69, 9.17) is 0 Å². The molecule has 3 rings (SSSR count). The Bertz CT molecular complexity index is 452. The van der Waals surface area contributed by atoms with Crippen LogP contribution in [0.2, 0.25) is 0 Å². The largest absolute Gasteiger partial charge is 0.366 e. The lowest BCUT2D eigenvalue weighted by molar-refractivity contribution is 0.603. The van der Waals surface area contributed by atoms with Crippen LogP contribution in [0.4, 0.5) is 10.1 Å². The maximum Gasteiger partial charge on any atom is 0.146 e. The molecule has 0 amide bonds. The summed E-state index contributed by atoms with van der Waals surface area (Å²) in [6.07, 6.45) is 6.21. The number of hydrogen-bond donors (Lipinski definition) is 1. The molecule has 2 aliphatic carbocycles. The van der Waals surface area contributed by atoms with Crippen LogP contribution in [0.3, 0.4) is 0 Å². The molecule has 0 radical (unpaired) electrons. The Kier molecular flexibility index (Phi) is 4.25. The van der Waals surface area contributed by atoms with Crippen molar-refractivity contribution in [1.29, 1.82) is 0 Å². The van der Waals surface area contributed by atoms with E-state index in [0.717, 1.165) is 43.2 Å². The van der Waals surface area contributed by atoms with Crippen molar-refractivity contribution in [1.82, 2.24) is 5.32 Å². The van der Waals surface area contributed by atoms with Gasteiger partial charge in [0.2, 0.25) is 0 Å². The first-order valence-electron chi connectivity index (χ1n) is 8.03. The quantitative estimate of drug-likeness (QED) is 0.728. The Morgan fingerprint density at radius 2 is 2.05 bits per heavy atom. The number of benzene rings is 1. The van der Waals surface area contributed by atoms with Crippen molar-refractivity contribution in [2.45, 2.75) is 51.6 Å². The highest BCUT2D eigenvalue weighted by molar-refractivity contribution is 5.51. The van der Waals surface area contributed by atoms with Gasteiger partial charge < -0.3 is 10.2 Å². The second kappa shape index (κ2) is 6.13. The van der Waals surface area contributed by atoms with E-state index < -0.39 is 0 Å². The molecule has 2 saturated carbocycles. The molecule has 0 heterocycles. The summed E-state index contributed by atoms with van der Waals surface area (Å²) in [7, 11) is 0. The van der Waals surface area contributed by atoms with Crippen molar-refractivity contribution < 1.29 is 4.39 Å². The minimum Gasteiger partial charge on any atom is -0.366 e. The molecular formula is C17H25FN2. The summed E-state index contributed by atoms with van der Waals surface area (Å²) >= 11 is 0. The van der Waals surface area contributed by atoms with Crippen molar-refractivity contribution >= 4 is 5.69 Å². The van der Waals surface area contributed by atoms with Gasteiger partial charge in [-0.05, 0) is 62.3 Å². The van der Waals surface area contributed by atoms with E-state index in [2.05, 4.69) is 23.2 Å². The number of nitrogens with one attached hydrogen (secondary N) is 1. The zero-order chi connectivity index (χ0) is 13.9. The van der Waals surface area contributed by atoms with E-state index in [1.807, 2.05) is 6.07 Å². The van der Waals surface area contributed by atoms with Gasteiger partial charge in [-0.15, -0.1) is 0 Å². The Labute approximate surface area is 121 Å². The van der Waals surface area contributed by atoms with Gasteiger partial charge in [-0.25, -0.2) is 4.39 Å². The van der Waals surface area contributed by atoms with Crippen LogP contribution in [0.1, 0.15) is 44.6 Å². The zero-order valence-electron chi connectivity index (χ0n) is 12.4. The van der Waals surface area contributed by atoms with Gasteiger partial charge in [0, 0.05) is 19.1 Å². The minimum atomic E-state index is -0.0478. The standard InChI is InChI=1S/C17H25FN2/c1-2-9-19-11-14-5-8-17(16(18)10-14)20(15-6-7-15)12-13-3-4-13/h5,8,10,13,15,19H,2-4,6-7,9,11-12H2,1H3. The Hall–Kier alpha value is -1.09. The maximum absolute atomic E-state index is 14.4. The molecule has 0 aromatic heterocycles. The molecule has 3 heteroatoms. The van der Waals surface area contributed by atoms with Crippen LogP contribution < -0.4 is 10.2 Å². The molecule has 2 aliphatic rings. The predicted molar refractivity (Wildman–Crippen MR) is 81.5 cm³/mol. The summed E-state index contributed by atoms with van der Waals surface area (Å²) in [5.74, 6) is 0.759. The molecule has 1 aromatic rings. The molecule has 2 fully saturated rings. The van der Waals surface area contributed by atoms with Crippen LogP contribution in [0, 0.1) is 11.7 Å². The van der Waals surface area contributed by atoms with Gasteiger partial charge in [0.15, 0.2) is 0 Å². The van der Waals surface area contributed by atoms with E-state index in [-0.39, 0.29) is 5.82 Å². The zero-order valence-corrected chi connectivity index (χ0v) is 12.4. The van der Waals surface area contributed by atoms with Gasteiger partial charge >= 0.3 is 0 Å². The second-order valence-corrected chi connectivity index (χ2v) is 6.29. The van der Waals surface area contributed by atoms with Gasteiger partial charge in [0.05, 0.1) is 5.69 Å². The van der Waals surface area contributed by atoms with Gasteiger partial charge in [-0.1, -0.05) is 13.0 Å². The maximum atomic E-state index is 14.4. The van der Waals surface area contributed by atoms with E-state index in [9.17, 15) is 4.39 Å². The van der Waals surface area contributed by atoms with Gasteiger partial charge in [0.1, 0.15) is 5.82 Å². The van der Waals surface area contributed by atoms with Gasteiger partial charge in [-0.2, -0.15) is 0 Å². The highest BCUT2D eigenvalue weighted by Gasteiger charge is 2.34. The normalized spacial score (nSPS) is 18.3. The molecule has 0 spiro atoms. The fourth-order valence-corrected chi connectivity index (χ4v) is 2.71. The average molecular weight is 276 g/mol. The Balaban J connectivity index is 1.68. The summed E-state index contributed by atoms with van der Waals surface area (Å²) in [5.41, 5.74) is 1.86. The number of hydrogen-bond acceptors (Lipinski definition) is 2. The van der Waals surface area contributed by atoms with E-state index in [0.29, 0.717) is 6.04 Å². The van der Waals surface area contributed by atoms with E-state index in [1.54, 1.807) is 6.07 Å². The van der Waals surface area contributed by atoms with E-state index >= 15 is 0 Å². The topological polar surface area (TPSA) is 15.3 Å². The molecule has 0 aliphatic heterocycles. The minimum absolute atomic E-state index is 0.0478. The molecule has 0 bridgehead atoms. The fraction of sp³-hybridized carbons (Fsp3) is 0.647. The summed E-state index contributed by atoms with van der Waals surface area (Å²) in [4.78, 5) is 2.32. The van der Waals surface area contributed by atoms with Crippen LogP contribution in [0.15, 0.2) is 18.2 Å². The van der Waals surface area contributed by atoms with Gasteiger partial charge in [-0.3, -0.25) is 0 Å². The number of halogens is 1. The third kappa shape index (κ3) is 3.51. The summed E-state index contributed by atoms with van der Waals surface area (Å²) in [5, 5.41) is 3.32. The Morgan fingerprint density at radius 1 is 1.25 bits per heavy atom. The van der Waals surface area contributed by atoms with Crippen molar-refractivity contribution in [2.75, 3.05) is 18.0 Å². The fourth-order valence-electron chi connectivity index (χ4n) is 2.71. The third-order valence-corrected chi connectivity index (χ3v) is 4.22. The van der Waals surface area contributed by atoms with Crippen molar-refractivity contribution in [3.05, 3.63) is 29.6 Å². The monoisotopic (exact) mass is 276 g/mol. The lowest BCUT2D eigenvalue weighted by Crippen LogP contribution is -2.29. The highest BCUT2D eigenvalue weighted by atomic mass is 19.1. The number of nitrogens with zero attached hydrogens (tertiary/aromatic N) is 1. The molecule has 1 aromatic carbocycles. The molecule has 2 nitrogen and oxygen atoms in total. The molecule has 0 atom stereocenters. The molecule has 110 valence electrons. The molecule has 0 saturated heterocycles. The molecule has 1 N–H and O–H groups in total. The van der Waals surface area contributed by atoms with Crippen LogP contribution in [-0.4, -0.2) is 19.1 Å². The van der Waals surface area contributed by atoms with Crippen molar-refractivity contribution in [3.8, 4) is 0 Å². The molecule has 0 unspecified atom stereocenters. The summed E-state index contributed by atoms with van der Waals surface area (Å²) < 4.78 is 14.4. The van der Waals surface area contributed by atoms with Crippen LogP contribution in [0.5, 0.6) is 0 Å². The second-order valence-electron chi connectivity index (χ2n) is 6.29. The van der Waals surface area contributed by atoms with E-state index in [1.165, 1.54) is 25.7 Å². The highest BCUT2D eigenvalue weighted by Crippen LogP contribution is 2.38. The lowest BCUT2D eigenvalue weighted by Gasteiger charge is -2.25. The molecule has 20 heavy (non-hydrogen) atoms. The molecular weight excluding hydrogens is 251 g/mol.